The molecule has 1 fully saturated rings. The van der Waals surface area contributed by atoms with Gasteiger partial charge in [0.15, 0.2) is 6.79 Å². The van der Waals surface area contributed by atoms with Gasteiger partial charge in [0.25, 0.3) is 0 Å². The number of fused-ring (bicyclic) bond motifs is 2. The molecule has 20 heavy (non-hydrogen) atoms. The Kier molecular flexibility index (Phi) is 4.11. The smallest absolute Gasteiger partial charge is 0.189 e. The van der Waals surface area contributed by atoms with Crippen LogP contribution < -0.4 is 4.74 Å². The summed E-state index contributed by atoms with van der Waals surface area (Å²) >= 11 is 0. The van der Waals surface area contributed by atoms with Crippen LogP contribution in [0.4, 0.5) is 0 Å². The number of benzene rings is 1. The molecule has 1 saturated carbocycles. The monoisotopic (exact) mass is 272 g/mol. The molecule has 3 rings (SSSR count). The highest BCUT2D eigenvalue weighted by Crippen LogP contribution is 2.40. The first-order valence-corrected chi connectivity index (χ1v) is 7.79. The van der Waals surface area contributed by atoms with Crippen molar-refractivity contribution < 1.29 is 9.47 Å². The van der Waals surface area contributed by atoms with Gasteiger partial charge in [-0.2, -0.15) is 0 Å². The molecule has 0 saturated heterocycles. The standard InChI is InChI=1S/C18H24O2/c1-3-13(2)15-6-8-17(9-7-15)19-12-20-18-11-14-4-5-16(18)10-14/h4-9,13-14,16,18H,3,10-12H2,1-2H3. The van der Waals surface area contributed by atoms with E-state index in [1.165, 1.54) is 18.4 Å². The van der Waals surface area contributed by atoms with Gasteiger partial charge in [0.05, 0.1) is 6.10 Å². The van der Waals surface area contributed by atoms with Crippen LogP contribution in [0.1, 0.15) is 44.6 Å². The molecular weight excluding hydrogens is 248 g/mol. The summed E-state index contributed by atoms with van der Waals surface area (Å²) in [5.74, 6) is 2.88. The molecule has 0 N–H and O–H groups in total. The molecule has 4 unspecified atom stereocenters. The second kappa shape index (κ2) is 6.01. The van der Waals surface area contributed by atoms with E-state index in [0.717, 1.165) is 18.1 Å². The summed E-state index contributed by atoms with van der Waals surface area (Å²) < 4.78 is 11.6. The molecule has 1 aromatic rings. The van der Waals surface area contributed by atoms with Crippen LogP contribution in [0.2, 0.25) is 0 Å². The molecule has 0 aliphatic heterocycles. The molecule has 2 aliphatic carbocycles. The third kappa shape index (κ3) is 2.90. The second-order valence-corrected chi connectivity index (χ2v) is 6.13. The Morgan fingerprint density at radius 3 is 2.55 bits per heavy atom. The van der Waals surface area contributed by atoms with Crippen molar-refractivity contribution in [3.05, 3.63) is 42.0 Å². The van der Waals surface area contributed by atoms with Gasteiger partial charge in [0.1, 0.15) is 5.75 Å². The van der Waals surface area contributed by atoms with Gasteiger partial charge in [-0.1, -0.05) is 38.1 Å². The molecule has 2 bridgehead atoms. The molecular formula is C18H24O2. The van der Waals surface area contributed by atoms with E-state index in [2.05, 4.69) is 38.1 Å². The van der Waals surface area contributed by atoms with Crippen LogP contribution in [0.25, 0.3) is 0 Å². The molecule has 0 radical (unpaired) electrons. The molecule has 2 aliphatic rings. The highest BCUT2D eigenvalue weighted by atomic mass is 16.7. The Bertz CT molecular complexity index is 463. The average molecular weight is 272 g/mol. The SMILES string of the molecule is CCC(C)c1ccc(OCOC2CC3C=CC2C3)cc1. The van der Waals surface area contributed by atoms with Crippen molar-refractivity contribution in [2.24, 2.45) is 11.8 Å². The Balaban J connectivity index is 1.45. The highest BCUT2D eigenvalue weighted by Gasteiger charge is 2.36. The van der Waals surface area contributed by atoms with Gasteiger partial charge in [0, 0.05) is 5.92 Å². The quantitative estimate of drug-likeness (QED) is 0.560. The van der Waals surface area contributed by atoms with Crippen molar-refractivity contribution in [1.82, 2.24) is 0 Å². The van der Waals surface area contributed by atoms with Gasteiger partial charge in [-0.05, 0) is 48.8 Å². The fourth-order valence-electron chi connectivity index (χ4n) is 3.24. The summed E-state index contributed by atoms with van der Waals surface area (Å²) in [6.45, 7) is 4.83. The van der Waals surface area contributed by atoms with E-state index in [0.29, 0.717) is 24.7 Å². The van der Waals surface area contributed by atoms with Crippen LogP contribution in [-0.2, 0) is 4.74 Å². The summed E-state index contributed by atoms with van der Waals surface area (Å²) in [4.78, 5) is 0. The first-order valence-electron chi connectivity index (χ1n) is 7.79. The predicted octanol–water partition coefficient (Wildman–Crippen LogP) is 4.52. The fraction of sp³-hybridized carbons (Fsp3) is 0.556. The van der Waals surface area contributed by atoms with Crippen molar-refractivity contribution >= 4 is 0 Å². The Morgan fingerprint density at radius 1 is 1.15 bits per heavy atom. The fourth-order valence-corrected chi connectivity index (χ4v) is 3.24. The molecule has 1 aromatic carbocycles. The second-order valence-electron chi connectivity index (χ2n) is 6.13. The minimum atomic E-state index is 0.365. The summed E-state index contributed by atoms with van der Waals surface area (Å²) in [6.07, 6.45) is 8.61. The lowest BCUT2D eigenvalue weighted by molar-refractivity contribution is -0.0459. The molecule has 0 heterocycles. The van der Waals surface area contributed by atoms with Crippen LogP contribution in [0.3, 0.4) is 0 Å². The highest BCUT2D eigenvalue weighted by molar-refractivity contribution is 5.29. The van der Waals surface area contributed by atoms with E-state index in [1.54, 1.807) is 0 Å². The Labute approximate surface area is 121 Å². The minimum Gasteiger partial charge on any atom is -0.468 e. The van der Waals surface area contributed by atoms with Crippen molar-refractivity contribution in [1.29, 1.82) is 0 Å². The molecule has 2 nitrogen and oxygen atoms in total. The van der Waals surface area contributed by atoms with E-state index in [9.17, 15) is 0 Å². The third-order valence-corrected chi connectivity index (χ3v) is 4.79. The van der Waals surface area contributed by atoms with Gasteiger partial charge in [0.2, 0.25) is 0 Å². The van der Waals surface area contributed by atoms with E-state index in [4.69, 9.17) is 9.47 Å². The van der Waals surface area contributed by atoms with Crippen molar-refractivity contribution in [3.8, 4) is 5.75 Å². The summed E-state index contributed by atoms with van der Waals surface area (Å²) in [6, 6.07) is 8.41. The van der Waals surface area contributed by atoms with E-state index in [1.807, 2.05) is 12.1 Å². The number of hydrogen-bond donors (Lipinski definition) is 0. The van der Waals surface area contributed by atoms with Gasteiger partial charge >= 0.3 is 0 Å². The van der Waals surface area contributed by atoms with Gasteiger partial charge < -0.3 is 9.47 Å². The Morgan fingerprint density at radius 2 is 1.95 bits per heavy atom. The lowest BCUT2D eigenvalue weighted by atomic mass is 9.99. The molecule has 4 atom stereocenters. The molecule has 0 aromatic heterocycles. The zero-order valence-corrected chi connectivity index (χ0v) is 12.4. The minimum absolute atomic E-state index is 0.365. The first kappa shape index (κ1) is 13.7. The maximum absolute atomic E-state index is 5.87. The van der Waals surface area contributed by atoms with Crippen molar-refractivity contribution in [2.45, 2.75) is 45.1 Å². The lowest BCUT2D eigenvalue weighted by Gasteiger charge is -2.19. The topological polar surface area (TPSA) is 18.5 Å². The molecule has 108 valence electrons. The van der Waals surface area contributed by atoms with E-state index in [-0.39, 0.29) is 0 Å². The predicted molar refractivity (Wildman–Crippen MR) is 80.9 cm³/mol. The average Bonchev–Trinajstić information content (AvgIpc) is 3.10. The number of hydrogen-bond acceptors (Lipinski definition) is 2. The lowest BCUT2D eigenvalue weighted by Crippen LogP contribution is -2.20. The van der Waals surface area contributed by atoms with Crippen LogP contribution in [-0.4, -0.2) is 12.9 Å². The zero-order valence-electron chi connectivity index (χ0n) is 12.4. The maximum atomic E-state index is 5.87. The normalized spacial score (nSPS) is 28.8. The summed E-state index contributed by atoms with van der Waals surface area (Å²) in [5, 5.41) is 0. The zero-order chi connectivity index (χ0) is 13.9. The van der Waals surface area contributed by atoms with Crippen LogP contribution in [0.15, 0.2) is 36.4 Å². The van der Waals surface area contributed by atoms with Crippen LogP contribution in [0.5, 0.6) is 5.75 Å². The van der Waals surface area contributed by atoms with Crippen LogP contribution >= 0.6 is 0 Å². The van der Waals surface area contributed by atoms with Gasteiger partial charge in [-0.3, -0.25) is 0 Å². The number of rotatable bonds is 6. The van der Waals surface area contributed by atoms with Crippen molar-refractivity contribution in [2.75, 3.05) is 6.79 Å². The number of ether oxygens (including phenoxy) is 2. The van der Waals surface area contributed by atoms with E-state index < -0.39 is 0 Å². The molecule has 2 heteroatoms. The molecule has 0 spiro atoms. The Hall–Kier alpha value is -1.28. The van der Waals surface area contributed by atoms with Crippen LogP contribution in [0, 0.1) is 11.8 Å². The van der Waals surface area contributed by atoms with Gasteiger partial charge in [-0.25, -0.2) is 0 Å². The van der Waals surface area contributed by atoms with Crippen molar-refractivity contribution in [3.63, 3.8) is 0 Å². The molecule has 0 amide bonds. The summed E-state index contributed by atoms with van der Waals surface area (Å²) in [5.41, 5.74) is 1.37. The number of allylic oxidation sites excluding steroid dienone is 1. The van der Waals surface area contributed by atoms with E-state index >= 15 is 0 Å². The largest absolute Gasteiger partial charge is 0.468 e. The first-order chi connectivity index (χ1) is 9.76. The maximum Gasteiger partial charge on any atom is 0.189 e. The summed E-state index contributed by atoms with van der Waals surface area (Å²) in [7, 11) is 0. The third-order valence-electron chi connectivity index (χ3n) is 4.79. The van der Waals surface area contributed by atoms with Gasteiger partial charge in [-0.15, -0.1) is 0 Å².